The first-order chi connectivity index (χ1) is 22.1. The van der Waals surface area contributed by atoms with E-state index in [4.69, 9.17) is 32.7 Å². The summed E-state index contributed by atoms with van der Waals surface area (Å²) in [4.78, 5) is 13.6. The topological polar surface area (TPSA) is 117 Å². The third-order valence-corrected chi connectivity index (χ3v) is 10.1. The number of hydrogen-bond donors (Lipinski definition) is 3. The number of hydrogen-bond acceptors (Lipinski definition) is 7. The molecule has 0 saturated carbocycles. The first-order valence-corrected chi connectivity index (χ1v) is 17.2. The Balaban J connectivity index is 1.85. The maximum absolute atomic E-state index is 13.6. The third-order valence-electron chi connectivity index (χ3n) is 7.84. The van der Waals surface area contributed by atoms with Crippen LogP contribution >= 0.6 is 23.2 Å². The van der Waals surface area contributed by atoms with Crippen LogP contribution in [0.4, 0.5) is 13.2 Å². The predicted octanol–water partition coefficient (Wildman–Crippen LogP) is 5.53. The molecule has 0 saturated heterocycles. The van der Waals surface area contributed by atoms with Crippen LogP contribution in [0.5, 0.6) is 5.75 Å². The van der Waals surface area contributed by atoms with E-state index in [0.29, 0.717) is 38.7 Å². The fourth-order valence-corrected chi connectivity index (χ4v) is 7.31. The standard InChI is InChI=1S/C32H40Cl2F3N3O6S/c1-5-7-28(40(3)47(43,44)12-10-32(35,36)37)31(42)39-27(15-20-13-21(33)16-22(34)14-20)29(41)19-38-26-18-30(46-11-6-2)24-9-8-23(45-4)17-25(24)26/h5-6,8-9,13-14,16-17,26-30,38,41H,1-2,7,10-12,15,18-19H2,3-4H3,(H,39,42)/t26-,27-,28-,29+,30+/m0/s1. The van der Waals surface area contributed by atoms with Crippen LogP contribution in [0, 0.1) is 0 Å². The molecule has 0 spiro atoms. The summed E-state index contributed by atoms with van der Waals surface area (Å²) in [6, 6.07) is 7.72. The van der Waals surface area contributed by atoms with Crippen LogP contribution in [0.2, 0.25) is 10.0 Å². The molecular weight excluding hydrogens is 682 g/mol. The number of sulfonamides is 1. The van der Waals surface area contributed by atoms with Crippen LogP contribution in [0.15, 0.2) is 61.7 Å². The first kappa shape index (κ1) is 38.8. The Bertz CT molecular complexity index is 1490. The minimum absolute atomic E-state index is 0.0133. The van der Waals surface area contributed by atoms with Gasteiger partial charge in [-0.25, -0.2) is 8.42 Å². The minimum Gasteiger partial charge on any atom is -0.497 e. The van der Waals surface area contributed by atoms with Crippen LogP contribution in [-0.2, 0) is 26.0 Å². The van der Waals surface area contributed by atoms with Gasteiger partial charge in [-0.05, 0) is 66.3 Å². The zero-order valence-electron chi connectivity index (χ0n) is 26.1. The lowest BCUT2D eigenvalue weighted by Gasteiger charge is -2.31. The van der Waals surface area contributed by atoms with Gasteiger partial charge in [0.05, 0.1) is 44.1 Å². The highest BCUT2D eigenvalue weighted by atomic mass is 35.5. The van der Waals surface area contributed by atoms with E-state index >= 15 is 0 Å². The van der Waals surface area contributed by atoms with E-state index in [1.54, 1.807) is 25.3 Å². The number of aliphatic hydroxyl groups excluding tert-OH is 1. The van der Waals surface area contributed by atoms with Crippen molar-refractivity contribution >= 4 is 39.1 Å². The molecule has 5 atom stereocenters. The van der Waals surface area contributed by atoms with E-state index in [0.717, 1.165) is 18.2 Å². The molecule has 2 aromatic rings. The number of amides is 1. The van der Waals surface area contributed by atoms with Gasteiger partial charge in [0.1, 0.15) is 11.8 Å². The normalized spacial score (nSPS) is 18.3. The maximum Gasteiger partial charge on any atom is 0.390 e. The van der Waals surface area contributed by atoms with Crippen LogP contribution in [0.1, 0.15) is 48.1 Å². The quantitative estimate of drug-likeness (QED) is 0.174. The molecule has 1 aliphatic carbocycles. The lowest BCUT2D eigenvalue weighted by Crippen LogP contribution is -2.55. The monoisotopic (exact) mass is 721 g/mol. The zero-order chi connectivity index (χ0) is 34.9. The van der Waals surface area contributed by atoms with Gasteiger partial charge in [-0.15, -0.1) is 13.2 Å². The Morgan fingerprint density at radius 3 is 2.43 bits per heavy atom. The van der Waals surface area contributed by atoms with Crippen LogP contribution < -0.4 is 15.4 Å². The van der Waals surface area contributed by atoms with Gasteiger partial charge in [-0.3, -0.25) is 4.79 Å². The van der Waals surface area contributed by atoms with Gasteiger partial charge in [0.2, 0.25) is 15.9 Å². The van der Waals surface area contributed by atoms with Gasteiger partial charge < -0.3 is 25.2 Å². The number of ether oxygens (including phenoxy) is 2. The van der Waals surface area contributed by atoms with Crippen molar-refractivity contribution in [2.75, 3.05) is 33.1 Å². The average molecular weight is 723 g/mol. The number of methoxy groups -OCH3 is 1. The van der Waals surface area contributed by atoms with Crippen molar-refractivity contribution in [3.63, 3.8) is 0 Å². The van der Waals surface area contributed by atoms with Gasteiger partial charge in [-0.2, -0.15) is 17.5 Å². The Morgan fingerprint density at radius 1 is 1.15 bits per heavy atom. The Hall–Kier alpha value is -2.65. The molecule has 260 valence electrons. The molecule has 0 fully saturated rings. The van der Waals surface area contributed by atoms with Crippen molar-refractivity contribution in [3.05, 3.63) is 88.4 Å². The molecule has 1 amide bonds. The second-order valence-electron chi connectivity index (χ2n) is 11.2. The number of nitrogens with one attached hydrogen (secondary N) is 2. The second-order valence-corrected chi connectivity index (χ2v) is 14.2. The summed E-state index contributed by atoms with van der Waals surface area (Å²) in [5.41, 5.74) is 2.46. The lowest BCUT2D eigenvalue weighted by atomic mass is 9.99. The van der Waals surface area contributed by atoms with E-state index in [-0.39, 0.29) is 31.5 Å². The molecule has 2 aromatic carbocycles. The van der Waals surface area contributed by atoms with Gasteiger partial charge in [0.25, 0.3) is 0 Å². The Labute approximate surface area is 283 Å². The Kier molecular flexibility index (Phi) is 14.1. The molecule has 3 N–H and O–H groups in total. The van der Waals surface area contributed by atoms with Crippen molar-refractivity contribution in [2.45, 2.75) is 62.2 Å². The van der Waals surface area contributed by atoms with E-state index in [2.05, 4.69) is 23.8 Å². The van der Waals surface area contributed by atoms with E-state index in [1.807, 2.05) is 18.2 Å². The predicted molar refractivity (Wildman–Crippen MR) is 176 cm³/mol. The minimum atomic E-state index is -4.70. The van der Waals surface area contributed by atoms with E-state index < -0.39 is 52.5 Å². The number of alkyl halides is 3. The summed E-state index contributed by atoms with van der Waals surface area (Å²) in [5, 5.41) is 18.2. The molecule has 1 aliphatic rings. The van der Waals surface area contributed by atoms with Crippen molar-refractivity contribution < 1.29 is 41.0 Å². The van der Waals surface area contributed by atoms with Crippen molar-refractivity contribution in [1.82, 2.24) is 14.9 Å². The fourth-order valence-electron chi connectivity index (χ4n) is 5.39. The molecule has 0 bridgehead atoms. The summed E-state index contributed by atoms with van der Waals surface area (Å²) in [5.74, 6) is -1.41. The molecule has 0 heterocycles. The van der Waals surface area contributed by atoms with E-state index in [9.17, 15) is 31.5 Å². The summed E-state index contributed by atoms with van der Waals surface area (Å²) in [6.45, 7) is 7.60. The number of carbonyl (C=O) groups is 1. The number of carbonyl (C=O) groups excluding carboxylic acids is 1. The molecule has 0 aliphatic heterocycles. The van der Waals surface area contributed by atoms with Crippen LogP contribution in [-0.4, -0.2) is 81.2 Å². The number of halogens is 5. The summed E-state index contributed by atoms with van der Waals surface area (Å²) in [6.07, 6.45) is -4.38. The van der Waals surface area contributed by atoms with Crippen LogP contribution in [0.3, 0.4) is 0 Å². The first-order valence-electron chi connectivity index (χ1n) is 14.8. The molecule has 15 heteroatoms. The van der Waals surface area contributed by atoms with Crippen molar-refractivity contribution in [3.8, 4) is 5.75 Å². The van der Waals surface area contributed by atoms with Crippen LogP contribution in [0.25, 0.3) is 0 Å². The lowest BCUT2D eigenvalue weighted by molar-refractivity contribution is -0.130. The number of likely N-dealkylation sites (N-methyl/N-ethyl adjacent to an activating group) is 1. The molecule has 47 heavy (non-hydrogen) atoms. The Morgan fingerprint density at radius 2 is 1.83 bits per heavy atom. The van der Waals surface area contributed by atoms with Gasteiger partial charge in [0.15, 0.2) is 0 Å². The van der Waals surface area contributed by atoms with Crippen molar-refractivity contribution in [2.24, 2.45) is 0 Å². The number of rotatable bonds is 18. The molecule has 0 aromatic heterocycles. The third kappa shape index (κ3) is 11.2. The highest BCUT2D eigenvalue weighted by Crippen LogP contribution is 2.42. The number of nitrogens with zero attached hydrogens (tertiary/aromatic N) is 1. The highest BCUT2D eigenvalue weighted by molar-refractivity contribution is 7.89. The van der Waals surface area contributed by atoms with Crippen molar-refractivity contribution in [1.29, 1.82) is 0 Å². The summed E-state index contributed by atoms with van der Waals surface area (Å²) < 4.78 is 76.0. The molecule has 0 unspecified atom stereocenters. The summed E-state index contributed by atoms with van der Waals surface area (Å²) in [7, 11) is -1.89. The fraction of sp³-hybridized carbons (Fsp3) is 0.469. The largest absolute Gasteiger partial charge is 0.497 e. The number of fused-ring (bicyclic) bond motifs is 1. The van der Waals surface area contributed by atoms with Gasteiger partial charge >= 0.3 is 6.18 Å². The molecule has 0 radical (unpaired) electrons. The van der Waals surface area contributed by atoms with Gasteiger partial charge in [-0.1, -0.05) is 41.4 Å². The number of aliphatic hydroxyl groups is 1. The zero-order valence-corrected chi connectivity index (χ0v) is 28.4. The number of benzene rings is 2. The molecule has 3 rings (SSSR count). The smallest absolute Gasteiger partial charge is 0.390 e. The maximum atomic E-state index is 13.6. The molecule has 9 nitrogen and oxygen atoms in total. The van der Waals surface area contributed by atoms with Gasteiger partial charge in [0, 0.05) is 29.7 Å². The SMILES string of the molecule is C=CCO[C@@H]1C[C@H](NC[C@@H](O)[C@H](Cc2cc(Cl)cc(Cl)c2)NC(=O)[C@H](CC=C)N(C)S(=O)(=O)CCC(F)(F)F)c2cc(OC)ccc21. The summed E-state index contributed by atoms with van der Waals surface area (Å²) >= 11 is 12.4. The molecular formula is C32H40Cl2F3N3O6S. The highest BCUT2D eigenvalue weighted by Gasteiger charge is 2.37. The average Bonchev–Trinajstić information content (AvgIpc) is 3.35. The second kappa shape index (κ2) is 17.1. The van der Waals surface area contributed by atoms with E-state index in [1.165, 1.54) is 12.1 Å².